The van der Waals surface area contributed by atoms with Crippen molar-refractivity contribution in [2.45, 2.75) is 38.8 Å². The highest BCUT2D eigenvalue weighted by Crippen LogP contribution is 2.27. The van der Waals surface area contributed by atoms with E-state index in [2.05, 4.69) is 17.3 Å². The maximum atomic E-state index is 10.9. The third-order valence-electron chi connectivity index (χ3n) is 3.47. The second-order valence-electron chi connectivity index (χ2n) is 4.64. The number of aryl methyl sites for hydroxylation is 2. The van der Waals surface area contributed by atoms with Crippen LogP contribution in [0.4, 0.5) is 0 Å². The summed E-state index contributed by atoms with van der Waals surface area (Å²) in [5.74, 6) is -0.896. The Hall–Kier alpha value is -1.36. The van der Waals surface area contributed by atoms with Crippen LogP contribution in [0.1, 0.15) is 31.0 Å². The summed E-state index contributed by atoms with van der Waals surface area (Å²) in [5.41, 5.74) is 2.26. The number of rotatable bonds is 5. The van der Waals surface area contributed by atoms with E-state index in [1.54, 1.807) is 0 Å². The standard InChI is InChI=1S/C12H19N3O2/c1-3-10-8(7-15(2)14-10)6-13-11-5-4-9(11)12(16)17/h7,9,11,13H,3-6H2,1-2H3,(H,16,17). The van der Waals surface area contributed by atoms with E-state index in [1.165, 1.54) is 5.56 Å². The van der Waals surface area contributed by atoms with Crippen LogP contribution >= 0.6 is 0 Å². The van der Waals surface area contributed by atoms with Crippen molar-refractivity contribution >= 4 is 5.97 Å². The average molecular weight is 237 g/mol. The Bertz CT molecular complexity index is 414. The number of carboxylic acids is 1. The predicted molar refractivity (Wildman–Crippen MR) is 63.6 cm³/mol. The zero-order valence-corrected chi connectivity index (χ0v) is 10.3. The number of aliphatic carboxylic acids is 1. The zero-order valence-electron chi connectivity index (χ0n) is 10.3. The van der Waals surface area contributed by atoms with Crippen LogP contribution in [0.25, 0.3) is 0 Å². The Morgan fingerprint density at radius 3 is 2.94 bits per heavy atom. The molecule has 1 saturated carbocycles. The Kier molecular flexibility index (Phi) is 3.47. The van der Waals surface area contributed by atoms with Crippen molar-refractivity contribution in [2.24, 2.45) is 13.0 Å². The molecule has 1 heterocycles. The van der Waals surface area contributed by atoms with Gasteiger partial charge in [-0.3, -0.25) is 9.48 Å². The van der Waals surface area contributed by atoms with Crippen molar-refractivity contribution in [1.29, 1.82) is 0 Å². The molecule has 17 heavy (non-hydrogen) atoms. The van der Waals surface area contributed by atoms with E-state index >= 15 is 0 Å². The lowest BCUT2D eigenvalue weighted by atomic mass is 9.79. The van der Waals surface area contributed by atoms with Gasteiger partial charge in [0.05, 0.1) is 11.6 Å². The molecule has 94 valence electrons. The third-order valence-corrected chi connectivity index (χ3v) is 3.47. The zero-order chi connectivity index (χ0) is 12.4. The molecule has 2 N–H and O–H groups in total. The second-order valence-corrected chi connectivity index (χ2v) is 4.64. The minimum Gasteiger partial charge on any atom is -0.481 e. The molecule has 2 atom stereocenters. The van der Waals surface area contributed by atoms with Crippen LogP contribution in [0, 0.1) is 5.92 Å². The fourth-order valence-electron chi connectivity index (χ4n) is 2.31. The first-order chi connectivity index (χ1) is 8.11. The van der Waals surface area contributed by atoms with Crippen molar-refractivity contribution in [2.75, 3.05) is 0 Å². The summed E-state index contributed by atoms with van der Waals surface area (Å²) in [6, 6.07) is 0.123. The Morgan fingerprint density at radius 2 is 2.41 bits per heavy atom. The third kappa shape index (κ3) is 2.49. The molecule has 0 aliphatic heterocycles. The molecule has 0 spiro atoms. The van der Waals surface area contributed by atoms with E-state index in [1.807, 2.05) is 17.9 Å². The summed E-state index contributed by atoms with van der Waals surface area (Å²) in [4.78, 5) is 10.9. The molecule has 5 heteroatoms. The van der Waals surface area contributed by atoms with Crippen molar-refractivity contribution in [1.82, 2.24) is 15.1 Å². The van der Waals surface area contributed by atoms with Crippen LogP contribution in [-0.4, -0.2) is 26.9 Å². The van der Waals surface area contributed by atoms with E-state index < -0.39 is 5.97 Å². The Morgan fingerprint density at radius 1 is 1.65 bits per heavy atom. The molecular weight excluding hydrogens is 218 g/mol. The molecule has 2 unspecified atom stereocenters. The summed E-state index contributed by atoms with van der Waals surface area (Å²) >= 11 is 0. The van der Waals surface area contributed by atoms with Gasteiger partial charge in [-0.2, -0.15) is 5.10 Å². The summed E-state index contributed by atoms with van der Waals surface area (Å²) in [6.07, 6.45) is 4.66. The molecule has 0 amide bonds. The van der Waals surface area contributed by atoms with Gasteiger partial charge in [0.2, 0.25) is 0 Å². The molecule has 0 saturated heterocycles. The quantitative estimate of drug-likeness (QED) is 0.799. The predicted octanol–water partition coefficient (Wildman–Crippen LogP) is 0.935. The maximum absolute atomic E-state index is 10.9. The van der Waals surface area contributed by atoms with Crippen LogP contribution in [0.15, 0.2) is 6.20 Å². The Labute approximate surface area is 101 Å². The van der Waals surface area contributed by atoms with Gasteiger partial charge in [0.1, 0.15) is 0 Å². The number of nitrogens with zero attached hydrogens (tertiary/aromatic N) is 2. The topological polar surface area (TPSA) is 67.2 Å². The molecule has 0 aromatic carbocycles. The molecule has 0 radical (unpaired) electrons. The molecule has 1 aromatic rings. The van der Waals surface area contributed by atoms with Gasteiger partial charge in [-0.25, -0.2) is 0 Å². The fourth-order valence-corrected chi connectivity index (χ4v) is 2.31. The second kappa shape index (κ2) is 4.87. The first kappa shape index (κ1) is 12.1. The van der Waals surface area contributed by atoms with Gasteiger partial charge in [0.15, 0.2) is 0 Å². The molecule has 0 bridgehead atoms. The maximum Gasteiger partial charge on any atom is 0.308 e. The number of nitrogens with one attached hydrogen (secondary N) is 1. The van der Waals surface area contributed by atoms with Crippen LogP contribution in [0.2, 0.25) is 0 Å². The summed E-state index contributed by atoms with van der Waals surface area (Å²) in [6.45, 7) is 2.79. The van der Waals surface area contributed by atoms with Gasteiger partial charge in [0.25, 0.3) is 0 Å². The van der Waals surface area contributed by atoms with E-state index in [-0.39, 0.29) is 12.0 Å². The normalized spacial score (nSPS) is 23.4. The summed E-state index contributed by atoms with van der Waals surface area (Å²) in [5, 5.41) is 16.6. The van der Waals surface area contributed by atoms with Crippen molar-refractivity contribution in [3.05, 3.63) is 17.5 Å². The summed E-state index contributed by atoms with van der Waals surface area (Å²) in [7, 11) is 1.91. The van der Waals surface area contributed by atoms with E-state index in [4.69, 9.17) is 5.11 Å². The minimum atomic E-state index is -0.685. The monoisotopic (exact) mass is 237 g/mol. The molecule has 1 aliphatic rings. The smallest absolute Gasteiger partial charge is 0.308 e. The largest absolute Gasteiger partial charge is 0.481 e. The van der Waals surface area contributed by atoms with Gasteiger partial charge in [-0.15, -0.1) is 0 Å². The van der Waals surface area contributed by atoms with E-state index in [9.17, 15) is 4.79 Å². The minimum absolute atomic E-state index is 0.123. The van der Waals surface area contributed by atoms with Gasteiger partial charge in [0, 0.05) is 31.4 Å². The molecular formula is C12H19N3O2. The molecule has 1 aliphatic carbocycles. The average Bonchev–Trinajstić information content (AvgIpc) is 2.56. The van der Waals surface area contributed by atoms with Crippen LogP contribution in [0.3, 0.4) is 0 Å². The highest BCUT2D eigenvalue weighted by atomic mass is 16.4. The van der Waals surface area contributed by atoms with Crippen LogP contribution in [-0.2, 0) is 24.8 Å². The first-order valence-corrected chi connectivity index (χ1v) is 6.09. The van der Waals surface area contributed by atoms with Crippen molar-refractivity contribution in [3.63, 3.8) is 0 Å². The number of aromatic nitrogens is 2. The number of hydrogen-bond donors (Lipinski definition) is 2. The van der Waals surface area contributed by atoms with E-state index in [0.717, 1.165) is 25.0 Å². The van der Waals surface area contributed by atoms with Crippen molar-refractivity contribution < 1.29 is 9.90 Å². The number of carboxylic acid groups (broad SMARTS) is 1. The van der Waals surface area contributed by atoms with Gasteiger partial charge >= 0.3 is 5.97 Å². The lowest BCUT2D eigenvalue weighted by Gasteiger charge is -2.34. The van der Waals surface area contributed by atoms with Crippen molar-refractivity contribution in [3.8, 4) is 0 Å². The van der Waals surface area contributed by atoms with Gasteiger partial charge in [-0.1, -0.05) is 6.92 Å². The summed E-state index contributed by atoms with van der Waals surface area (Å²) < 4.78 is 1.81. The number of hydrogen-bond acceptors (Lipinski definition) is 3. The molecule has 1 aromatic heterocycles. The van der Waals surface area contributed by atoms with Crippen LogP contribution < -0.4 is 5.32 Å². The first-order valence-electron chi connectivity index (χ1n) is 6.09. The lowest BCUT2D eigenvalue weighted by molar-refractivity contribution is -0.146. The highest BCUT2D eigenvalue weighted by Gasteiger charge is 2.36. The van der Waals surface area contributed by atoms with Gasteiger partial charge in [-0.05, 0) is 19.3 Å². The lowest BCUT2D eigenvalue weighted by Crippen LogP contribution is -2.47. The SMILES string of the molecule is CCc1nn(C)cc1CNC1CCC1C(=O)O. The van der Waals surface area contributed by atoms with Crippen LogP contribution in [0.5, 0.6) is 0 Å². The fraction of sp³-hybridized carbons (Fsp3) is 0.667. The molecule has 2 rings (SSSR count). The molecule has 1 fully saturated rings. The van der Waals surface area contributed by atoms with Gasteiger partial charge < -0.3 is 10.4 Å². The highest BCUT2D eigenvalue weighted by molar-refractivity contribution is 5.72. The Balaban J connectivity index is 1.91. The molecule has 5 nitrogen and oxygen atoms in total. The number of carbonyl (C=O) groups is 1. The van der Waals surface area contributed by atoms with E-state index in [0.29, 0.717) is 6.54 Å².